The molecule has 0 bridgehead atoms. The lowest BCUT2D eigenvalue weighted by Gasteiger charge is -2.22. The maximum Gasteiger partial charge on any atom is 0.253 e. The lowest BCUT2D eigenvalue weighted by molar-refractivity contribution is -0.123. The van der Waals surface area contributed by atoms with Crippen LogP contribution in [0.25, 0.3) is 0 Å². The normalized spacial score (nSPS) is 12.6. The van der Waals surface area contributed by atoms with Crippen LogP contribution in [0, 0.1) is 0 Å². The largest absolute Gasteiger partial charge is 0.493 e. The van der Waals surface area contributed by atoms with Gasteiger partial charge in [-0.3, -0.25) is 9.59 Å². The molecule has 9 heteroatoms. The fourth-order valence-corrected chi connectivity index (χ4v) is 3.90. The van der Waals surface area contributed by atoms with Crippen molar-refractivity contribution in [3.05, 3.63) is 57.6 Å². The Bertz CT molecular complexity index is 926. The van der Waals surface area contributed by atoms with Crippen LogP contribution in [-0.2, 0) is 4.79 Å². The maximum atomic E-state index is 13.0. The molecular formula is C22H26Cl2N2O4S. The first-order chi connectivity index (χ1) is 14.8. The van der Waals surface area contributed by atoms with E-state index in [9.17, 15) is 9.59 Å². The van der Waals surface area contributed by atoms with E-state index in [0.717, 1.165) is 5.56 Å². The van der Waals surface area contributed by atoms with Crippen LogP contribution in [0.4, 0.5) is 0 Å². The minimum Gasteiger partial charge on any atom is -0.493 e. The van der Waals surface area contributed by atoms with Gasteiger partial charge in [-0.25, -0.2) is 0 Å². The number of ether oxygens (including phenoxy) is 2. The predicted octanol–water partition coefficient (Wildman–Crippen LogP) is 4.74. The molecule has 0 aliphatic carbocycles. The van der Waals surface area contributed by atoms with E-state index >= 15 is 0 Å². The summed E-state index contributed by atoms with van der Waals surface area (Å²) in [4.78, 5) is 25.7. The van der Waals surface area contributed by atoms with Crippen LogP contribution in [0.3, 0.4) is 0 Å². The number of carbonyl (C=O) groups is 2. The summed E-state index contributed by atoms with van der Waals surface area (Å²) in [7, 11) is 3.12. The molecule has 2 N–H and O–H groups in total. The first-order valence-corrected chi connectivity index (χ1v) is 11.7. The Kier molecular flexibility index (Phi) is 9.81. The molecule has 0 saturated heterocycles. The van der Waals surface area contributed by atoms with Crippen molar-refractivity contribution < 1.29 is 19.1 Å². The van der Waals surface area contributed by atoms with Crippen LogP contribution in [-0.4, -0.2) is 44.1 Å². The third-order valence-corrected chi connectivity index (χ3v) is 5.87. The molecule has 2 aromatic carbocycles. The van der Waals surface area contributed by atoms with E-state index in [1.165, 1.54) is 12.1 Å². The van der Waals surface area contributed by atoms with Gasteiger partial charge in [-0.15, -0.1) is 0 Å². The number of benzene rings is 2. The number of hydrogen-bond donors (Lipinski definition) is 2. The lowest BCUT2D eigenvalue weighted by atomic mass is 10.1. The summed E-state index contributed by atoms with van der Waals surface area (Å²) in [5.74, 6) is 1.18. The number of halogens is 2. The maximum absolute atomic E-state index is 13.0. The van der Waals surface area contributed by atoms with E-state index < -0.39 is 11.9 Å². The van der Waals surface area contributed by atoms with Crippen LogP contribution < -0.4 is 20.1 Å². The lowest BCUT2D eigenvalue weighted by Crippen LogP contribution is -2.47. The highest BCUT2D eigenvalue weighted by molar-refractivity contribution is 7.98. The van der Waals surface area contributed by atoms with Gasteiger partial charge in [-0.05, 0) is 61.2 Å². The molecule has 6 nitrogen and oxygen atoms in total. The number of hydrogen-bond acceptors (Lipinski definition) is 5. The van der Waals surface area contributed by atoms with Crippen molar-refractivity contribution in [3.63, 3.8) is 0 Å². The minimum atomic E-state index is -0.714. The molecule has 2 rings (SSSR count). The van der Waals surface area contributed by atoms with Crippen LogP contribution in [0.2, 0.25) is 10.0 Å². The van der Waals surface area contributed by atoms with Gasteiger partial charge < -0.3 is 20.1 Å². The van der Waals surface area contributed by atoms with Gasteiger partial charge in [-0.1, -0.05) is 29.3 Å². The van der Waals surface area contributed by atoms with Crippen molar-refractivity contribution in [2.75, 3.05) is 26.2 Å². The van der Waals surface area contributed by atoms with Crippen LogP contribution in [0.15, 0.2) is 36.4 Å². The van der Waals surface area contributed by atoms with Crippen molar-refractivity contribution in [3.8, 4) is 11.5 Å². The summed E-state index contributed by atoms with van der Waals surface area (Å²) >= 11 is 13.6. The Morgan fingerprint density at radius 2 is 1.74 bits per heavy atom. The van der Waals surface area contributed by atoms with Gasteiger partial charge in [0.05, 0.1) is 30.8 Å². The zero-order valence-corrected chi connectivity index (χ0v) is 20.2. The Balaban J connectivity index is 2.14. The number of methoxy groups -OCH3 is 2. The quantitative estimate of drug-likeness (QED) is 0.509. The number of thioether (sulfide) groups is 1. The number of amides is 2. The van der Waals surface area contributed by atoms with Crippen molar-refractivity contribution in [2.24, 2.45) is 0 Å². The molecule has 0 heterocycles. The molecule has 0 aliphatic rings. The molecule has 0 spiro atoms. The summed E-state index contributed by atoms with van der Waals surface area (Å²) < 4.78 is 10.6. The second-order valence-electron chi connectivity index (χ2n) is 6.78. The second-order valence-corrected chi connectivity index (χ2v) is 8.61. The molecule has 168 valence electrons. The predicted molar refractivity (Wildman–Crippen MR) is 127 cm³/mol. The van der Waals surface area contributed by atoms with Crippen LogP contribution in [0.1, 0.15) is 35.3 Å². The van der Waals surface area contributed by atoms with Gasteiger partial charge in [0.1, 0.15) is 6.04 Å². The molecule has 2 amide bonds. The third kappa shape index (κ3) is 6.95. The zero-order valence-electron chi connectivity index (χ0n) is 17.8. The van der Waals surface area contributed by atoms with Gasteiger partial charge in [0.2, 0.25) is 5.91 Å². The Hall–Kier alpha value is -2.09. The highest BCUT2D eigenvalue weighted by Crippen LogP contribution is 2.30. The minimum absolute atomic E-state index is 0.229. The van der Waals surface area contributed by atoms with Gasteiger partial charge in [-0.2, -0.15) is 11.8 Å². The SMILES string of the molecule is COc1ccc(C(C)NC(=O)C(CCSC)NC(=O)c2ccc(Cl)cc2Cl)cc1OC. The highest BCUT2D eigenvalue weighted by atomic mass is 35.5. The summed E-state index contributed by atoms with van der Waals surface area (Å²) in [5.41, 5.74) is 1.11. The molecule has 0 aromatic heterocycles. The molecule has 2 aromatic rings. The number of nitrogens with one attached hydrogen (secondary N) is 2. The van der Waals surface area contributed by atoms with Gasteiger partial charge >= 0.3 is 0 Å². The fourth-order valence-electron chi connectivity index (χ4n) is 2.93. The average molecular weight is 485 g/mol. The first kappa shape index (κ1) is 25.2. The van der Waals surface area contributed by atoms with Crippen molar-refractivity contribution in [2.45, 2.75) is 25.4 Å². The number of carbonyl (C=O) groups excluding carboxylic acids is 2. The van der Waals surface area contributed by atoms with Gasteiger partial charge in [0.25, 0.3) is 5.91 Å². The van der Waals surface area contributed by atoms with Crippen LogP contribution in [0.5, 0.6) is 11.5 Å². The van der Waals surface area contributed by atoms with E-state index in [2.05, 4.69) is 10.6 Å². The van der Waals surface area contributed by atoms with Crippen molar-refractivity contribution in [1.82, 2.24) is 10.6 Å². The standard InChI is InChI=1S/C22H26Cl2N2O4S/c1-13(14-5-8-19(29-2)20(11-14)30-3)25-22(28)18(9-10-31-4)26-21(27)16-7-6-15(23)12-17(16)24/h5-8,11-13,18H,9-10H2,1-4H3,(H,25,28)(H,26,27). The summed E-state index contributed by atoms with van der Waals surface area (Å²) in [6.45, 7) is 1.86. The van der Waals surface area contributed by atoms with Crippen LogP contribution >= 0.6 is 35.0 Å². The summed E-state index contributed by atoms with van der Waals surface area (Å²) in [5, 5.41) is 6.41. The van der Waals surface area contributed by atoms with Gasteiger partial charge in [0, 0.05) is 5.02 Å². The Morgan fingerprint density at radius 1 is 1.03 bits per heavy atom. The Labute approximate surface area is 197 Å². The van der Waals surface area contributed by atoms with Gasteiger partial charge in [0.15, 0.2) is 11.5 Å². The summed E-state index contributed by atoms with van der Waals surface area (Å²) in [6, 6.07) is 9.05. The van der Waals surface area contributed by atoms with E-state index in [0.29, 0.717) is 28.7 Å². The average Bonchev–Trinajstić information content (AvgIpc) is 2.75. The van der Waals surface area contributed by atoms with E-state index in [1.807, 2.05) is 25.3 Å². The molecule has 0 radical (unpaired) electrons. The molecular weight excluding hydrogens is 459 g/mol. The molecule has 0 saturated carbocycles. The first-order valence-electron chi connectivity index (χ1n) is 9.57. The van der Waals surface area contributed by atoms with Crippen molar-refractivity contribution in [1.29, 1.82) is 0 Å². The zero-order chi connectivity index (χ0) is 23.0. The molecule has 31 heavy (non-hydrogen) atoms. The summed E-state index contributed by atoms with van der Waals surface area (Å²) in [6.07, 6.45) is 2.42. The molecule has 0 aliphatic heterocycles. The smallest absolute Gasteiger partial charge is 0.253 e. The van der Waals surface area contributed by atoms with E-state index in [1.54, 1.807) is 38.1 Å². The third-order valence-electron chi connectivity index (χ3n) is 4.67. The topological polar surface area (TPSA) is 76.7 Å². The van der Waals surface area contributed by atoms with E-state index in [-0.39, 0.29) is 22.5 Å². The van der Waals surface area contributed by atoms with E-state index in [4.69, 9.17) is 32.7 Å². The Morgan fingerprint density at radius 3 is 2.35 bits per heavy atom. The fraction of sp³-hybridized carbons (Fsp3) is 0.364. The number of rotatable bonds is 10. The van der Waals surface area contributed by atoms with Crippen molar-refractivity contribution >= 4 is 46.8 Å². The molecule has 2 atom stereocenters. The molecule has 0 fully saturated rings. The monoisotopic (exact) mass is 484 g/mol. The molecule has 2 unspecified atom stereocenters. The second kappa shape index (κ2) is 12.1. The highest BCUT2D eigenvalue weighted by Gasteiger charge is 2.24.